The van der Waals surface area contributed by atoms with Crippen molar-refractivity contribution in [1.82, 2.24) is 5.32 Å². The van der Waals surface area contributed by atoms with E-state index in [2.05, 4.69) is 0 Å². The van der Waals surface area contributed by atoms with Crippen LogP contribution in [-0.2, 0) is 4.79 Å². The monoisotopic (exact) mass is 263 g/mol. The van der Waals surface area contributed by atoms with Gasteiger partial charge in [-0.2, -0.15) is 0 Å². The lowest BCUT2D eigenvalue weighted by molar-refractivity contribution is -0.140. The molecule has 1 atom stereocenters. The fourth-order valence-electron chi connectivity index (χ4n) is 1.04. The molecule has 0 aliphatic heterocycles. The summed E-state index contributed by atoms with van der Waals surface area (Å²) in [6.07, 6.45) is 0. The second kappa shape index (κ2) is 4.67. The highest BCUT2D eigenvalue weighted by molar-refractivity contribution is 6.34. The molecular weight excluding hydrogens is 256 g/mol. The normalized spacial score (nSPS) is 13.9. The van der Waals surface area contributed by atoms with Gasteiger partial charge in [-0.1, -0.05) is 17.7 Å². The molecule has 7 heteroatoms. The highest BCUT2D eigenvalue weighted by atomic mass is 35.5. The molecule has 0 radical (unpaired) electrons. The third-order valence-corrected chi connectivity index (χ3v) is 2.20. The van der Waals surface area contributed by atoms with Crippen LogP contribution in [0.3, 0.4) is 0 Å². The Morgan fingerprint density at radius 3 is 2.24 bits per heavy atom. The molecule has 1 aromatic rings. The predicted octanol–water partition coefficient (Wildman–Crippen LogP) is 1.73. The third kappa shape index (κ3) is 2.91. The van der Waals surface area contributed by atoms with E-state index in [0.29, 0.717) is 0 Å². The van der Waals surface area contributed by atoms with Gasteiger partial charge in [0, 0.05) is 0 Å². The maximum absolute atomic E-state index is 13.2. The minimum Gasteiger partial charge on any atom is -0.479 e. The largest absolute Gasteiger partial charge is 0.479 e. The van der Waals surface area contributed by atoms with Crippen LogP contribution in [0.2, 0.25) is 0 Å². The van der Waals surface area contributed by atoms with Crippen LogP contribution in [0, 0.1) is 11.6 Å². The second-order valence-corrected chi connectivity index (χ2v) is 4.11. The average molecular weight is 264 g/mol. The Bertz CT molecular complexity index is 456. The maximum atomic E-state index is 13.2. The van der Waals surface area contributed by atoms with E-state index >= 15 is 0 Å². The predicted molar refractivity (Wildman–Crippen MR) is 55.7 cm³/mol. The van der Waals surface area contributed by atoms with E-state index in [-0.39, 0.29) is 0 Å². The Morgan fingerprint density at radius 1 is 1.35 bits per heavy atom. The highest BCUT2D eigenvalue weighted by Gasteiger charge is 2.33. The lowest BCUT2D eigenvalue weighted by Crippen LogP contribution is -2.48. The molecule has 0 bridgehead atoms. The van der Waals surface area contributed by atoms with Crippen molar-refractivity contribution in [3.63, 3.8) is 0 Å². The van der Waals surface area contributed by atoms with Crippen molar-refractivity contribution in [1.29, 1.82) is 0 Å². The van der Waals surface area contributed by atoms with Crippen LogP contribution in [0.4, 0.5) is 8.78 Å². The van der Waals surface area contributed by atoms with Crippen molar-refractivity contribution in [3.05, 3.63) is 35.4 Å². The minimum atomic E-state index is -2.13. The van der Waals surface area contributed by atoms with Gasteiger partial charge in [-0.3, -0.25) is 4.79 Å². The number of carboxylic acid groups (broad SMARTS) is 1. The van der Waals surface area contributed by atoms with Gasteiger partial charge in [0.2, 0.25) is 5.00 Å². The number of carbonyl (C=O) groups excluding carboxylic acids is 1. The molecule has 1 unspecified atom stereocenters. The van der Waals surface area contributed by atoms with E-state index in [1.807, 2.05) is 0 Å². The molecule has 92 valence electrons. The number of amides is 1. The fourth-order valence-corrected chi connectivity index (χ4v) is 1.13. The number of hydrogen-bond acceptors (Lipinski definition) is 2. The van der Waals surface area contributed by atoms with E-state index in [1.54, 1.807) is 5.32 Å². The zero-order valence-corrected chi connectivity index (χ0v) is 9.39. The van der Waals surface area contributed by atoms with E-state index in [4.69, 9.17) is 16.7 Å². The van der Waals surface area contributed by atoms with Gasteiger partial charge < -0.3 is 10.4 Å². The average Bonchev–Trinajstić information content (AvgIpc) is 2.15. The number of rotatable bonds is 3. The summed E-state index contributed by atoms with van der Waals surface area (Å²) >= 11 is 5.44. The number of carboxylic acids is 1. The second-order valence-electron chi connectivity index (χ2n) is 3.36. The first-order chi connectivity index (χ1) is 7.75. The number of aliphatic carboxylic acids is 1. The number of hydrogen-bond donors (Lipinski definition) is 2. The molecule has 0 aromatic heterocycles. The minimum absolute atomic E-state index is 0.874. The summed E-state index contributed by atoms with van der Waals surface area (Å²) in [6, 6.07) is 2.84. The molecule has 0 aliphatic carbocycles. The summed E-state index contributed by atoms with van der Waals surface area (Å²) in [5.41, 5.74) is -0.874. The Labute approximate surface area is 100 Å². The van der Waals surface area contributed by atoms with Crippen LogP contribution < -0.4 is 5.32 Å². The molecule has 1 rings (SSSR count). The van der Waals surface area contributed by atoms with Crippen LogP contribution in [-0.4, -0.2) is 22.0 Å². The highest BCUT2D eigenvalue weighted by Crippen LogP contribution is 2.16. The summed E-state index contributed by atoms with van der Waals surface area (Å²) < 4.78 is 26.4. The summed E-state index contributed by atoms with van der Waals surface area (Å²) in [5, 5.41) is 10.4. The number of halogens is 3. The first kappa shape index (κ1) is 13.4. The van der Waals surface area contributed by atoms with E-state index in [9.17, 15) is 18.4 Å². The van der Waals surface area contributed by atoms with Crippen molar-refractivity contribution in [2.45, 2.75) is 11.9 Å². The van der Waals surface area contributed by atoms with Gasteiger partial charge in [0.15, 0.2) is 0 Å². The van der Waals surface area contributed by atoms with Gasteiger partial charge in [0.05, 0.1) is 0 Å². The Balaban J connectivity index is 3.03. The SMILES string of the molecule is CC(Cl)(NC(=O)c1c(F)cccc1F)C(=O)O. The van der Waals surface area contributed by atoms with Crippen LogP contribution in [0.15, 0.2) is 18.2 Å². The van der Waals surface area contributed by atoms with Crippen LogP contribution in [0.5, 0.6) is 0 Å². The quantitative estimate of drug-likeness (QED) is 0.645. The van der Waals surface area contributed by atoms with Gasteiger partial charge in [-0.05, 0) is 19.1 Å². The van der Waals surface area contributed by atoms with Gasteiger partial charge >= 0.3 is 5.97 Å². The van der Waals surface area contributed by atoms with Crippen molar-refractivity contribution in [3.8, 4) is 0 Å². The molecular formula is C10H8ClF2NO3. The molecule has 17 heavy (non-hydrogen) atoms. The topological polar surface area (TPSA) is 66.4 Å². The molecule has 1 aromatic carbocycles. The first-order valence-corrected chi connectivity index (χ1v) is 4.82. The number of alkyl halides is 1. The molecule has 4 nitrogen and oxygen atoms in total. The molecule has 2 N–H and O–H groups in total. The summed E-state index contributed by atoms with van der Waals surface area (Å²) in [6.45, 7) is 0.980. The van der Waals surface area contributed by atoms with Gasteiger partial charge in [-0.15, -0.1) is 0 Å². The number of benzene rings is 1. The summed E-state index contributed by atoms with van der Waals surface area (Å²) in [5.74, 6) is -4.97. The summed E-state index contributed by atoms with van der Waals surface area (Å²) in [7, 11) is 0. The zero-order chi connectivity index (χ0) is 13.2. The molecule has 0 saturated carbocycles. The maximum Gasteiger partial charge on any atom is 0.344 e. The third-order valence-electron chi connectivity index (χ3n) is 1.94. The molecule has 0 spiro atoms. The van der Waals surface area contributed by atoms with Gasteiger partial charge in [-0.25, -0.2) is 13.6 Å². The molecule has 0 fully saturated rings. The standard InChI is InChI=1S/C10H8ClF2NO3/c1-10(11,9(16)17)14-8(15)7-5(12)3-2-4-6(7)13/h2-4H,1H3,(H,14,15)(H,16,17). The van der Waals surface area contributed by atoms with E-state index in [0.717, 1.165) is 25.1 Å². The van der Waals surface area contributed by atoms with E-state index < -0.39 is 34.1 Å². The Hall–Kier alpha value is -1.69. The first-order valence-electron chi connectivity index (χ1n) is 4.44. The Kier molecular flexibility index (Phi) is 3.67. The fraction of sp³-hybridized carbons (Fsp3) is 0.200. The molecule has 0 aliphatic rings. The van der Waals surface area contributed by atoms with Gasteiger partial charge in [0.25, 0.3) is 5.91 Å². The van der Waals surface area contributed by atoms with Crippen LogP contribution in [0.25, 0.3) is 0 Å². The van der Waals surface area contributed by atoms with E-state index in [1.165, 1.54) is 0 Å². The molecule has 0 heterocycles. The zero-order valence-electron chi connectivity index (χ0n) is 8.63. The smallest absolute Gasteiger partial charge is 0.344 e. The van der Waals surface area contributed by atoms with Crippen molar-refractivity contribution in [2.75, 3.05) is 0 Å². The number of carbonyl (C=O) groups is 2. The lowest BCUT2D eigenvalue weighted by atomic mass is 10.1. The summed E-state index contributed by atoms with van der Waals surface area (Å²) in [4.78, 5) is 20.0. The van der Waals surface area contributed by atoms with Crippen LogP contribution >= 0.6 is 11.6 Å². The van der Waals surface area contributed by atoms with Crippen molar-refractivity contribution < 1.29 is 23.5 Å². The molecule has 0 saturated heterocycles. The Morgan fingerprint density at radius 2 is 1.82 bits per heavy atom. The molecule has 1 amide bonds. The van der Waals surface area contributed by atoms with Gasteiger partial charge in [0.1, 0.15) is 17.2 Å². The number of nitrogens with one attached hydrogen (secondary N) is 1. The van der Waals surface area contributed by atoms with Crippen LogP contribution in [0.1, 0.15) is 17.3 Å². The lowest BCUT2D eigenvalue weighted by Gasteiger charge is -2.18. The van der Waals surface area contributed by atoms with Crippen molar-refractivity contribution in [2.24, 2.45) is 0 Å². The van der Waals surface area contributed by atoms with Crippen molar-refractivity contribution >= 4 is 23.5 Å².